The van der Waals surface area contributed by atoms with Crippen molar-refractivity contribution in [1.29, 1.82) is 0 Å². The lowest BCUT2D eigenvalue weighted by atomic mass is 9.83. The number of nitrogens with one attached hydrogen (secondary N) is 1. The van der Waals surface area contributed by atoms with Gasteiger partial charge in [0.25, 0.3) is 0 Å². The fourth-order valence-electron chi connectivity index (χ4n) is 3.71. The third-order valence-corrected chi connectivity index (χ3v) is 5.07. The Balaban J connectivity index is 1.66. The maximum Gasteiger partial charge on any atom is 0.000782 e. The Labute approximate surface area is 101 Å². The molecule has 0 aromatic heterocycles. The minimum atomic E-state index is 0.675. The molecule has 1 N–H and O–H groups in total. The fraction of sp³-hybridized carbons (Fsp3) is 1.00. The van der Waals surface area contributed by atoms with Crippen LogP contribution in [0.4, 0.5) is 0 Å². The predicted octanol–water partition coefficient (Wildman–Crippen LogP) is 4.13. The summed E-state index contributed by atoms with van der Waals surface area (Å²) in [5.74, 6) is 0.990. The van der Waals surface area contributed by atoms with E-state index >= 15 is 0 Å². The summed E-state index contributed by atoms with van der Waals surface area (Å²) in [7, 11) is 0. The van der Waals surface area contributed by atoms with E-state index < -0.39 is 0 Å². The molecular weight excluding hydrogens is 194 g/mol. The van der Waals surface area contributed by atoms with Crippen LogP contribution in [0, 0.1) is 11.3 Å². The van der Waals surface area contributed by atoms with Gasteiger partial charge in [-0.2, -0.15) is 0 Å². The first-order chi connectivity index (χ1) is 7.85. The molecule has 0 bridgehead atoms. The molecule has 94 valence electrons. The molecule has 1 heteroatoms. The maximum atomic E-state index is 3.79. The lowest BCUT2D eigenvalue weighted by molar-refractivity contribution is 0.251. The molecule has 0 heterocycles. The molecule has 0 aliphatic heterocycles. The first-order valence-corrected chi connectivity index (χ1v) is 7.55. The summed E-state index contributed by atoms with van der Waals surface area (Å²) in [4.78, 5) is 0. The molecule has 0 aromatic carbocycles. The smallest absolute Gasteiger partial charge is 0.000782 e. The van der Waals surface area contributed by atoms with Crippen molar-refractivity contribution in [2.75, 3.05) is 13.1 Å². The second-order valence-corrected chi connectivity index (χ2v) is 6.20. The molecule has 2 saturated carbocycles. The zero-order valence-electron chi connectivity index (χ0n) is 11.1. The molecular formula is C15H29N. The van der Waals surface area contributed by atoms with Crippen LogP contribution in [0.25, 0.3) is 0 Å². The zero-order chi connectivity index (χ0) is 11.3. The summed E-state index contributed by atoms with van der Waals surface area (Å²) in [6.45, 7) is 4.97. The molecule has 16 heavy (non-hydrogen) atoms. The lowest BCUT2D eigenvalue weighted by Gasteiger charge is -2.30. The zero-order valence-corrected chi connectivity index (χ0v) is 11.1. The normalized spacial score (nSPS) is 26.1. The minimum absolute atomic E-state index is 0.675. The van der Waals surface area contributed by atoms with Gasteiger partial charge in [0.1, 0.15) is 0 Å². The number of hydrogen-bond acceptors (Lipinski definition) is 1. The standard InChI is InChI=1S/C15H29N/c1-2-15(10-6-7-11-15)13-16-12-14-8-4-3-5-9-14/h14,16H,2-13H2,1H3. The van der Waals surface area contributed by atoms with E-state index in [2.05, 4.69) is 12.2 Å². The van der Waals surface area contributed by atoms with E-state index in [1.165, 1.54) is 77.3 Å². The molecule has 2 aliphatic rings. The first kappa shape index (κ1) is 12.4. The Kier molecular flexibility index (Phi) is 4.69. The van der Waals surface area contributed by atoms with Gasteiger partial charge in [0.15, 0.2) is 0 Å². The molecule has 0 aromatic rings. The van der Waals surface area contributed by atoms with Gasteiger partial charge in [-0.25, -0.2) is 0 Å². The number of hydrogen-bond donors (Lipinski definition) is 1. The molecule has 0 unspecified atom stereocenters. The topological polar surface area (TPSA) is 12.0 Å². The van der Waals surface area contributed by atoms with Crippen LogP contribution < -0.4 is 5.32 Å². The van der Waals surface area contributed by atoms with Crippen LogP contribution in [0.2, 0.25) is 0 Å². The Hall–Kier alpha value is -0.0400. The van der Waals surface area contributed by atoms with Crippen molar-refractivity contribution < 1.29 is 0 Å². The summed E-state index contributed by atoms with van der Waals surface area (Å²) in [5.41, 5.74) is 0.675. The van der Waals surface area contributed by atoms with Crippen molar-refractivity contribution in [3.05, 3.63) is 0 Å². The van der Waals surface area contributed by atoms with Gasteiger partial charge >= 0.3 is 0 Å². The molecule has 0 atom stereocenters. The van der Waals surface area contributed by atoms with Gasteiger partial charge in [0.05, 0.1) is 0 Å². The van der Waals surface area contributed by atoms with Crippen LogP contribution in [-0.4, -0.2) is 13.1 Å². The average molecular weight is 223 g/mol. The van der Waals surface area contributed by atoms with Crippen molar-refractivity contribution >= 4 is 0 Å². The van der Waals surface area contributed by atoms with Gasteiger partial charge in [-0.3, -0.25) is 0 Å². The van der Waals surface area contributed by atoms with Gasteiger partial charge in [-0.05, 0) is 50.0 Å². The highest BCUT2D eigenvalue weighted by Gasteiger charge is 2.31. The van der Waals surface area contributed by atoms with Crippen LogP contribution in [-0.2, 0) is 0 Å². The molecule has 2 rings (SSSR count). The molecule has 0 amide bonds. The Morgan fingerprint density at radius 1 is 1.00 bits per heavy atom. The van der Waals surface area contributed by atoms with Crippen LogP contribution >= 0.6 is 0 Å². The maximum absolute atomic E-state index is 3.79. The van der Waals surface area contributed by atoms with E-state index in [4.69, 9.17) is 0 Å². The quantitative estimate of drug-likeness (QED) is 0.739. The SMILES string of the molecule is CCC1(CNCC2CCCCC2)CCCC1. The van der Waals surface area contributed by atoms with Gasteiger partial charge in [0.2, 0.25) is 0 Å². The van der Waals surface area contributed by atoms with Crippen molar-refractivity contribution in [2.24, 2.45) is 11.3 Å². The van der Waals surface area contributed by atoms with Gasteiger partial charge in [-0.15, -0.1) is 0 Å². The third-order valence-electron chi connectivity index (χ3n) is 5.07. The summed E-state index contributed by atoms with van der Waals surface area (Å²) in [6, 6.07) is 0. The second-order valence-electron chi connectivity index (χ2n) is 6.20. The molecule has 0 spiro atoms. The average Bonchev–Trinajstić information content (AvgIpc) is 2.80. The summed E-state index contributed by atoms with van der Waals surface area (Å²) in [6.07, 6.45) is 14.7. The minimum Gasteiger partial charge on any atom is -0.316 e. The largest absolute Gasteiger partial charge is 0.316 e. The van der Waals surface area contributed by atoms with Crippen LogP contribution in [0.5, 0.6) is 0 Å². The summed E-state index contributed by atoms with van der Waals surface area (Å²) in [5, 5.41) is 3.79. The molecule has 0 saturated heterocycles. The highest BCUT2D eigenvalue weighted by atomic mass is 14.9. The van der Waals surface area contributed by atoms with Gasteiger partial charge < -0.3 is 5.32 Å². The van der Waals surface area contributed by atoms with Crippen molar-refractivity contribution in [2.45, 2.75) is 71.1 Å². The first-order valence-electron chi connectivity index (χ1n) is 7.55. The van der Waals surface area contributed by atoms with Crippen LogP contribution in [0.3, 0.4) is 0 Å². The third kappa shape index (κ3) is 3.23. The van der Waals surface area contributed by atoms with E-state index in [1.807, 2.05) is 0 Å². The van der Waals surface area contributed by atoms with E-state index in [0.717, 1.165) is 5.92 Å². The van der Waals surface area contributed by atoms with E-state index in [9.17, 15) is 0 Å². The summed E-state index contributed by atoms with van der Waals surface area (Å²) < 4.78 is 0. The predicted molar refractivity (Wildman–Crippen MR) is 70.6 cm³/mol. The van der Waals surface area contributed by atoms with E-state index in [1.54, 1.807) is 0 Å². The van der Waals surface area contributed by atoms with E-state index in [-0.39, 0.29) is 0 Å². The molecule has 1 nitrogen and oxygen atoms in total. The van der Waals surface area contributed by atoms with Crippen molar-refractivity contribution in [3.63, 3.8) is 0 Å². The second kappa shape index (κ2) is 6.05. The Bertz CT molecular complexity index is 188. The molecule has 2 aliphatic carbocycles. The van der Waals surface area contributed by atoms with Gasteiger partial charge in [-0.1, -0.05) is 39.0 Å². The monoisotopic (exact) mass is 223 g/mol. The Morgan fingerprint density at radius 2 is 1.69 bits per heavy atom. The van der Waals surface area contributed by atoms with Crippen LogP contribution in [0.1, 0.15) is 71.1 Å². The molecule has 2 fully saturated rings. The highest BCUT2D eigenvalue weighted by molar-refractivity contribution is 4.85. The highest BCUT2D eigenvalue weighted by Crippen LogP contribution is 2.40. The van der Waals surface area contributed by atoms with Crippen molar-refractivity contribution in [1.82, 2.24) is 5.32 Å². The summed E-state index contributed by atoms with van der Waals surface area (Å²) >= 11 is 0. The number of rotatable bonds is 5. The molecule has 0 radical (unpaired) electrons. The van der Waals surface area contributed by atoms with E-state index in [0.29, 0.717) is 5.41 Å². The lowest BCUT2D eigenvalue weighted by Crippen LogP contribution is -2.35. The van der Waals surface area contributed by atoms with Crippen molar-refractivity contribution in [3.8, 4) is 0 Å². The fourth-order valence-corrected chi connectivity index (χ4v) is 3.71. The van der Waals surface area contributed by atoms with Gasteiger partial charge in [0, 0.05) is 6.54 Å². The van der Waals surface area contributed by atoms with Crippen LogP contribution in [0.15, 0.2) is 0 Å². The Morgan fingerprint density at radius 3 is 2.31 bits per heavy atom.